The first-order chi connectivity index (χ1) is 17.9. The number of alkyl halides is 2. The Kier molecular flexibility index (Phi) is 10.0. The van der Waals surface area contributed by atoms with Crippen molar-refractivity contribution in [2.45, 2.75) is 84.4 Å². The number of amides is 2. The zero-order valence-electron chi connectivity index (χ0n) is 23.0. The van der Waals surface area contributed by atoms with Gasteiger partial charge in [0, 0.05) is 44.1 Å². The summed E-state index contributed by atoms with van der Waals surface area (Å²) in [5.74, 6) is -2.87. The first-order valence-electron chi connectivity index (χ1n) is 13.4. The van der Waals surface area contributed by atoms with Crippen LogP contribution in [0.4, 0.5) is 13.6 Å². The van der Waals surface area contributed by atoms with Crippen LogP contribution in [-0.2, 0) is 16.0 Å². The summed E-state index contributed by atoms with van der Waals surface area (Å²) < 4.78 is 40.1. The number of morpholine rings is 1. The molecule has 0 spiro atoms. The van der Waals surface area contributed by atoms with Gasteiger partial charge in [0.15, 0.2) is 0 Å². The molecule has 1 aromatic carbocycles. The van der Waals surface area contributed by atoms with Gasteiger partial charge < -0.3 is 19.4 Å². The van der Waals surface area contributed by atoms with Gasteiger partial charge in [-0.05, 0) is 51.7 Å². The minimum atomic E-state index is -2.60. The molecule has 1 N–H and O–H groups in total. The second-order valence-electron chi connectivity index (χ2n) is 10.7. The first-order valence-corrected chi connectivity index (χ1v) is 13.8. The molecule has 2 amide bonds. The van der Waals surface area contributed by atoms with Crippen LogP contribution in [0, 0.1) is 5.92 Å². The third-order valence-corrected chi connectivity index (χ3v) is 7.07. The molecule has 2 aliphatic rings. The summed E-state index contributed by atoms with van der Waals surface area (Å²) in [6.07, 6.45) is 1.83. The van der Waals surface area contributed by atoms with Crippen molar-refractivity contribution in [2.24, 2.45) is 5.92 Å². The Bertz CT molecular complexity index is 1110. The van der Waals surface area contributed by atoms with Gasteiger partial charge in [-0.1, -0.05) is 31.5 Å². The number of fused-ring (bicyclic) bond motifs is 1. The van der Waals surface area contributed by atoms with E-state index in [0.29, 0.717) is 61.7 Å². The third-order valence-electron chi connectivity index (χ3n) is 6.75. The van der Waals surface area contributed by atoms with Crippen LogP contribution < -0.4 is 5.32 Å². The molecule has 1 aliphatic heterocycles. The molecule has 10 heteroatoms. The minimum Gasteiger partial charge on any atom is -0.444 e. The monoisotopic (exact) mass is 555 g/mol. The van der Waals surface area contributed by atoms with Gasteiger partial charge >= 0.3 is 6.09 Å². The fourth-order valence-corrected chi connectivity index (χ4v) is 5.13. The highest BCUT2D eigenvalue weighted by Crippen LogP contribution is 2.36. The van der Waals surface area contributed by atoms with E-state index in [9.17, 15) is 18.4 Å². The number of nitrogens with one attached hydrogen (secondary N) is 1. The molecule has 38 heavy (non-hydrogen) atoms. The quantitative estimate of drug-likeness (QED) is 0.456. The normalized spacial score (nSPS) is 20.0. The number of aromatic nitrogens is 1. The fourth-order valence-electron chi connectivity index (χ4n) is 4.86. The summed E-state index contributed by atoms with van der Waals surface area (Å²) in [5, 5.41) is 3.98. The van der Waals surface area contributed by atoms with Gasteiger partial charge in [-0.25, -0.2) is 13.6 Å². The zero-order valence-corrected chi connectivity index (χ0v) is 23.7. The lowest BCUT2D eigenvalue weighted by Crippen LogP contribution is -2.51. The van der Waals surface area contributed by atoms with E-state index >= 15 is 0 Å². The van der Waals surface area contributed by atoms with Crippen molar-refractivity contribution in [1.29, 1.82) is 0 Å². The number of hydrogen-bond donors (Lipinski definition) is 1. The van der Waals surface area contributed by atoms with E-state index < -0.39 is 17.6 Å². The van der Waals surface area contributed by atoms with Gasteiger partial charge in [0.25, 0.3) is 5.91 Å². The lowest BCUT2D eigenvalue weighted by atomic mass is 9.87. The predicted octanol–water partition coefficient (Wildman–Crippen LogP) is 6.51. The Morgan fingerprint density at radius 2 is 1.89 bits per heavy atom. The lowest BCUT2D eigenvalue weighted by Gasteiger charge is -2.36. The molecule has 2 fully saturated rings. The zero-order chi connectivity index (χ0) is 28.1. The Labute approximate surface area is 228 Å². The first kappa shape index (κ1) is 30.2. The second-order valence-corrected chi connectivity index (χ2v) is 11.1. The molecule has 0 radical (unpaired) electrons. The molecule has 1 saturated carbocycles. The van der Waals surface area contributed by atoms with Crippen molar-refractivity contribution in [3.05, 3.63) is 35.0 Å². The van der Waals surface area contributed by atoms with Crippen molar-refractivity contribution >= 4 is 34.5 Å². The molecule has 212 valence electrons. The highest BCUT2D eigenvalue weighted by Gasteiger charge is 2.35. The Morgan fingerprint density at radius 1 is 1.21 bits per heavy atom. The number of carbonyl (C=O) groups excluding carboxylic acids is 2. The molecule has 1 aliphatic carbocycles. The standard InChI is InChI=1S/C26H34ClF2N3O4.C2H6/c1-25(2,3)36-24(34)32-11-12-35-16-18(32)14-31-15-19(22-20(27)5-4-6-21(22)31)23(33)30-13-17-7-9-26(28,29)10-8-17;1-2/h4-6,15,17-18H,7-14,16H2,1-3H3,(H,30,33);1-2H3. The molecule has 4 rings (SSSR count). The van der Waals surface area contributed by atoms with E-state index in [1.165, 1.54) is 0 Å². The van der Waals surface area contributed by atoms with Gasteiger partial charge in [0.05, 0.1) is 35.4 Å². The molecular formula is C28H40ClF2N3O4. The summed E-state index contributed by atoms with van der Waals surface area (Å²) in [6.45, 7) is 11.4. The molecule has 2 heterocycles. The summed E-state index contributed by atoms with van der Waals surface area (Å²) in [7, 11) is 0. The largest absolute Gasteiger partial charge is 0.444 e. The van der Waals surface area contributed by atoms with Crippen LogP contribution in [0.25, 0.3) is 10.9 Å². The van der Waals surface area contributed by atoms with Gasteiger partial charge in [0.2, 0.25) is 5.92 Å². The molecule has 1 atom stereocenters. The van der Waals surface area contributed by atoms with Crippen molar-refractivity contribution in [1.82, 2.24) is 14.8 Å². The van der Waals surface area contributed by atoms with E-state index in [1.807, 2.05) is 51.3 Å². The lowest BCUT2D eigenvalue weighted by molar-refractivity contribution is -0.0452. The average molecular weight is 556 g/mol. The smallest absolute Gasteiger partial charge is 0.410 e. The van der Waals surface area contributed by atoms with Crippen LogP contribution in [0.3, 0.4) is 0 Å². The van der Waals surface area contributed by atoms with Gasteiger partial charge in [-0.15, -0.1) is 0 Å². The Morgan fingerprint density at radius 3 is 2.55 bits per heavy atom. The number of ether oxygens (including phenoxy) is 2. The topological polar surface area (TPSA) is 72.8 Å². The molecule has 7 nitrogen and oxygen atoms in total. The van der Waals surface area contributed by atoms with Crippen LogP contribution in [0.1, 0.15) is 70.7 Å². The molecule has 1 aromatic heterocycles. The number of benzene rings is 1. The Hall–Kier alpha value is -2.39. The minimum absolute atomic E-state index is 0.0270. The highest BCUT2D eigenvalue weighted by molar-refractivity contribution is 6.36. The van der Waals surface area contributed by atoms with Gasteiger partial charge in [-0.2, -0.15) is 0 Å². The maximum atomic E-state index is 13.5. The van der Waals surface area contributed by atoms with Crippen molar-refractivity contribution in [2.75, 3.05) is 26.3 Å². The summed E-state index contributed by atoms with van der Waals surface area (Å²) >= 11 is 6.51. The van der Waals surface area contributed by atoms with E-state index in [4.69, 9.17) is 21.1 Å². The van der Waals surface area contributed by atoms with Gasteiger partial charge in [-0.3, -0.25) is 9.69 Å². The van der Waals surface area contributed by atoms with E-state index in [-0.39, 0.29) is 30.7 Å². The van der Waals surface area contributed by atoms with Crippen LogP contribution in [0.15, 0.2) is 24.4 Å². The maximum absolute atomic E-state index is 13.5. The molecule has 1 saturated heterocycles. The van der Waals surface area contributed by atoms with E-state index in [2.05, 4.69) is 5.32 Å². The number of carbonyl (C=O) groups is 2. The third kappa shape index (κ3) is 7.59. The van der Waals surface area contributed by atoms with Crippen molar-refractivity contribution < 1.29 is 27.8 Å². The fraction of sp³-hybridized carbons (Fsp3) is 0.643. The van der Waals surface area contributed by atoms with E-state index in [0.717, 1.165) is 5.52 Å². The molecule has 2 aromatic rings. The Balaban J connectivity index is 0.00000195. The summed E-state index contributed by atoms with van der Waals surface area (Å²) in [6, 6.07) is 5.13. The molecule has 1 unspecified atom stereocenters. The van der Waals surface area contributed by atoms with Crippen LogP contribution >= 0.6 is 11.6 Å². The maximum Gasteiger partial charge on any atom is 0.410 e. The SMILES string of the molecule is CC.CC(C)(C)OC(=O)N1CCOCC1Cn1cc(C(=O)NCC2CCC(F)(F)CC2)c2c(Cl)cccc21. The highest BCUT2D eigenvalue weighted by atomic mass is 35.5. The van der Waals surface area contributed by atoms with Crippen LogP contribution in [0.5, 0.6) is 0 Å². The number of halogens is 3. The summed E-state index contributed by atoms with van der Waals surface area (Å²) in [4.78, 5) is 27.7. The second kappa shape index (κ2) is 12.6. The van der Waals surface area contributed by atoms with Gasteiger partial charge in [0.1, 0.15) is 5.60 Å². The van der Waals surface area contributed by atoms with Crippen LogP contribution in [-0.4, -0.2) is 65.3 Å². The molecule has 0 bridgehead atoms. The molecular weight excluding hydrogens is 516 g/mol. The number of nitrogens with zero attached hydrogens (tertiary/aromatic N) is 2. The van der Waals surface area contributed by atoms with Crippen molar-refractivity contribution in [3.8, 4) is 0 Å². The number of hydrogen-bond acceptors (Lipinski definition) is 4. The van der Waals surface area contributed by atoms with Crippen molar-refractivity contribution in [3.63, 3.8) is 0 Å². The predicted molar refractivity (Wildman–Crippen MR) is 145 cm³/mol. The van der Waals surface area contributed by atoms with E-state index in [1.54, 1.807) is 17.2 Å². The number of rotatable bonds is 5. The van der Waals surface area contributed by atoms with Crippen LogP contribution in [0.2, 0.25) is 5.02 Å². The summed E-state index contributed by atoms with van der Waals surface area (Å²) in [5.41, 5.74) is 0.560. The average Bonchev–Trinajstić information content (AvgIpc) is 3.23.